The molecule has 4 heteroatoms. The third kappa shape index (κ3) is 10.3. The van der Waals surface area contributed by atoms with Crippen LogP contribution < -0.4 is 10.6 Å². The van der Waals surface area contributed by atoms with Crippen molar-refractivity contribution in [1.82, 2.24) is 10.6 Å². The number of nitrogens with one attached hydrogen (secondary N) is 2. The van der Waals surface area contributed by atoms with Gasteiger partial charge in [-0.2, -0.15) is 0 Å². The predicted molar refractivity (Wildman–Crippen MR) is 71.1 cm³/mol. The Hall–Kier alpha value is -0.610. The third-order valence-corrected chi connectivity index (χ3v) is 2.38. The Labute approximate surface area is 105 Å². The van der Waals surface area contributed by atoms with Gasteiger partial charge >= 0.3 is 0 Å². The summed E-state index contributed by atoms with van der Waals surface area (Å²) < 4.78 is 5.51. The first-order valence-corrected chi connectivity index (χ1v) is 6.51. The zero-order valence-electron chi connectivity index (χ0n) is 11.9. The molecular formula is C13H28N2O2. The number of hydrogen-bond donors (Lipinski definition) is 2. The Morgan fingerprint density at radius 1 is 1.35 bits per heavy atom. The molecule has 0 spiro atoms. The highest BCUT2D eigenvalue weighted by molar-refractivity contribution is 5.75. The molecule has 1 amide bonds. The number of rotatable bonds is 9. The summed E-state index contributed by atoms with van der Waals surface area (Å²) in [6.07, 6.45) is 1.45. The molecule has 102 valence electrons. The van der Waals surface area contributed by atoms with Crippen LogP contribution in [0, 0.1) is 0 Å². The summed E-state index contributed by atoms with van der Waals surface area (Å²) in [5.41, 5.74) is -0.277. The molecule has 0 radical (unpaired) electrons. The van der Waals surface area contributed by atoms with E-state index in [0.29, 0.717) is 25.6 Å². The Bertz CT molecular complexity index is 215. The smallest absolute Gasteiger partial charge is 0.220 e. The van der Waals surface area contributed by atoms with Crippen LogP contribution in [0.5, 0.6) is 0 Å². The van der Waals surface area contributed by atoms with Gasteiger partial charge in [-0.15, -0.1) is 0 Å². The molecule has 0 aromatic rings. The minimum Gasteiger partial charge on any atom is -0.374 e. The van der Waals surface area contributed by atoms with E-state index >= 15 is 0 Å². The summed E-state index contributed by atoms with van der Waals surface area (Å²) in [6, 6.07) is 0.481. The summed E-state index contributed by atoms with van der Waals surface area (Å²) in [7, 11) is 0. The van der Waals surface area contributed by atoms with E-state index in [1.165, 1.54) is 0 Å². The van der Waals surface area contributed by atoms with Gasteiger partial charge in [-0.25, -0.2) is 0 Å². The maximum atomic E-state index is 11.5. The zero-order valence-corrected chi connectivity index (χ0v) is 11.9. The second kappa shape index (κ2) is 8.48. The van der Waals surface area contributed by atoms with Crippen molar-refractivity contribution in [2.24, 2.45) is 0 Å². The van der Waals surface area contributed by atoms with Gasteiger partial charge in [-0.3, -0.25) is 4.79 Å². The first kappa shape index (κ1) is 16.4. The molecule has 4 nitrogen and oxygen atoms in total. The van der Waals surface area contributed by atoms with Gasteiger partial charge in [-0.05, 0) is 33.7 Å². The fraction of sp³-hybridized carbons (Fsp3) is 0.923. The fourth-order valence-corrected chi connectivity index (χ4v) is 1.48. The quantitative estimate of drug-likeness (QED) is 0.607. The van der Waals surface area contributed by atoms with Crippen LogP contribution in [-0.4, -0.2) is 37.2 Å². The van der Waals surface area contributed by atoms with Gasteiger partial charge in [0.25, 0.3) is 0 Å². The fourth-order valence-electron chi connectivity index (χ4n) is 1.48. The van der Waals surface area contributed by atoms with Gasteiger partial charge in [0.15, 0.2) is 0 Å². The summed E-state index contributed by atoms with van der Waals surface area (Å²) in [5, 5.41) is 6.19. The second-order valence-corrected chi connectivity index (χ2v) is 5.18. The van der Waals surface area contributed by atoms with Gasteiger partial charge in [0, 0.05) is 25.6 Å². The van der Waals surface area contributed by atoms with Gasteiger partial charge in [0.2, 0.25) is 5.91 Å². The summed E-state index contributed by atoms with van der Waals surface area (Å²) in [5.74, 6) is 0.100. The van der Waals surface area contributed by atoms with Crippen molar-refractivity contribution in [3.05, 3.63) is 0 Å². The highest BCUT2D eigenvalue weighted by Gasteiger charge is 2.18. The first-order chi connectivity index (χ1) is 7.87. The molecule has 0 unspecified atom stereocenters. The lowest BCUT2D eigenvalue weighted by Crippen LogP contribution is -2.40. The van der Waals surface area contributed by atoms with Crippen LogP contribution >= 0.6 is 0 Å². The van der Waals surface area contributed by atoms with E-state index in [9.17, 15) is 4.79 Å². The lowest BCUT2D eigenvalue weighted by Gasteiger charge is -2.24. The van der Waals surface area contributed by atoms with Crippen LogP contribution in [0.4, 0.5) is 0 Å². The maximum Gasteiger partial charge on any atom is 0.220 e. The Morgan fingerprint density at radius 2 is 2.00 bits per heavy atom. The standard InChI is InChI=1S/C13H28N2O2/c1-6-17-13(4,5)10-15-12(16)8-7-9-14-11(2)3/h11,14H,6-10H2,1-5H3,(H,15,16). The lowest BCUT2D eigenvalue weighted by molar-refractivity contribution is -0.122. The maximum absolute atomic E-state index is 11.5. The normalized spacial score (nSPS) is 11.9. The highest BCUT2D eigenvalue weighted by atomic mass is 16.5. The van der Waals surface area contributed by atoms with Crippen molar-refractivity contribution in [1.29, 1.82) is 0 Å². The first-order valence-electron chi connectivity index (χ1n) is 6.51. The topological polar surface area (TPSA) is 50.4 Å². The molecule has 0 atom stereocenters. The van der Waals surface area contributed by atoms with Gasteiger partial charge in [0.1, 0.15) is 0 Å². The van der Waals surface area contributed by atoms with Crippen LogP contribution in [0.25, 0.3) is 0 Å². The molecule has 0 aliphatic carbocycles. The lowest BCUT2D eigenvalue weighted by atomic mass is 10.1. The van der Waals surface area contributed by atoms with Gasteiger partial charge in [-0.1, -0.05) is 13.8 Å². The molecule has 0 saturated heterocycles. The molecule has 0 heterocycles. The van der Waals surface area contributed by atoms with Crippen molar-refractivity contribution in [3.8, 4) is 0 Å². The predicted octanol–water partition coefficient (Wildman–Crippen LogP) is 1.70. The van der Waals surface area contributed by atoms with E-state index in [1.54, 1.807) is 0 Å². The van der Waals surface area contributed by atoms with Crippen LogP contribution in [0.3, 0.4) is 0 Å². The number of carbonyl (C=O) groups is 1. The average Bonchev–Trinajstić information content (AvgIpc) is 2.21. The van der Waals surface area contributed by atoms with E-state index in [1.807, 2.05) is 20.8 Å². The van der Waals surface area contributed by atoms with Crippen molar-refractivity contribution in [2.75, 3.05) is 19.7 Å². The molecule has 0 rings (SSSR count). The van der Waals surface area contributed by atoms with E-state index in [-0.39, 0.29) is 11.5 Å². The minimum absolute atomic E-state index is 0.100. The summed E-state index contributed by atoms with van der Waals surface area (Å²) >= 11 is 0. The Morgan fingerprint density at radius 3 is 2.53 bits per heavy atom. The summed E-state index contributed by atoms with van der Waals surface area (Å²) in [4.78, 5) is 11.5. The highest BCUT2D eigenvalue weighted by Crippen LogP contribution is 2.06. The SMILES string of the molecule is CCOC(C)(C)CNC(=O)CCCNC(C)C. The molecule has 17 heavy (non-hydrogen) atoms. The van der Waals surface area contributed by atoms with E-state index < -0.39 is 0 Å². The van der Waals surface area contributed by atoms with Crippen LogP contribution in [0.1, 0.15) is 47.5 Å². The van der Waals surface area contributed by atoms with E-state index in [2.05, 4.69) is 24.5 Å². The van der Waals surface area contributed by atoms with Crippen LogP contribution in [0.2, 0.25) is 0 Å². The largest absolute Gasteiger partial charge is 0.374 e. The van der Waals surface area contributed by atoms with Crippen molar-refractivity contribution in [3.63, 3.8) is 0 Å². The van der Waals surface area contributed by atoms with E-state index in [0.717, 1.165) is 13.0 Å². The number of carbonyl (C=O) groups excluding carboxylic acids is 1. The molecule has 0 fully saturated rings. The third-order valence-electron chi connectivity index (χ3n) is 2.38. The number of ether oxygens (including phenoxy) is 1. The molecular weight excluding hydrogens is 216 g/mol. The van der Waals surface area contributed by atoms with E-state index in [4.69, 9.17) is 4.74 Å². The van der Waals surface area contributed by atoms with Crippen LogP contribution in [-0.2, 0) is 9.53 Å². The molecule has 0 bridgehead atoms. The molecule has 0 aliphatic rings. The van der Waals surface area contributed by atoms with Crippen molar-refractivity contribution < 1.29 is 9.53 Å². The molecule has 2 N–H and O–H groups in total. The van der Waals surface area contributed by atoms with Crippen LogP contribution in [0.15, 0.2) is 0 Å². The van der Waals surface area contributed by atoms with Gasteiger partial charge in [0.05, 0.1) is 5.60 Å². The van der Waals surface area contributed by atoms with Crippen molar-refractivity contribution in [2.45, 2.75) is 59.1 Å². The van der Waals surface area contributed by atoms with Crippen molar-refractivity contribution >= 4 is 5.91 Å². The zero-order chi connectivity index (χ0) is 13.3. The minimum atomic E-state index is -0.277. The monoisotopic (exact) mass is 244 g/mol. The molecule has 0 aromatic carbocycles. The second-order valence-electron chi connectivity index (χ2n) is 5.18. The molecule has 0 aromatic heterocycles. The van der Waals surface area contributed by atoms with Gasteiger partial charge < -0.3 is 15.4 Å². The summed E-state index contributed by atoms with van der Waals surface area (Å²) in [6.45, 7) is 12.3. The Kier molecular flexibility index (Phi) is 8.17. The number of hydrogen-bond acceptors (Lipinski definition) is 3. The average molecular weight is 244 g/mol. The Balaban J connectivity index is 3.59. The molecule has 0 saturated carbocycles. The molecule has 0 aliphatic heterocycles. The number of amides is 1.